The van der Waals surface area contributed by atoms with Gasteiger partial charge in [-0.05, 0) is 148 Å². The Bertz CT molecular complexity index is 2520. The number of amides is 2. The topological polar surface area (TPSA) is 151 Å². The summed E-state index contributed by atoms with van der Waals surface area (Å²) in [5, 5.41) is 31.7. The van der Waals surface area contributed by atoms with E-state index in [0.29, 0.717) is 42.3 Å². The van der Waals surface area contributed by atoms with Gasteiger partial charge in [0.15, 0.2) is 0 Å². The number of hydrogen-bond acceptors (Lipinski definition) is 7. The maximum absolute atomic E-state index is 12.8. The van der Waals surface area contributed by atoms with Gasteiger partial charge in [0.1, 0.15) is 17.9 Å². The van der Waals surface area contributed by atoms with Crippen LogP contribution in [0.1, 0.15) is 110 Å². The monoisotopic (exact) mass is 860 g/mol. The normalized spacial score (nSPS) is 21.5. The Hall–Kier alpha value is -6.17. The van der Waals surface area contributed by atoms with Crippen molar-refractivity contribution in [1.29, 1.82) is 0 Å². The highest BCUT2D eigenvalue weighted by Gasteiger charge is 2.33. The average molecular weight is 861 g/mol. The molecule has 6 aromatic rings. The van der Waals surface area contributed by atoms with E-state index >= 15 is 0 Å². The molecule has 2 amide bonds. The number of benzene rings is 4. The number of nitrogens with zero attached hydrogens (tertiary/aromatic N) is 4. The van der Waals surface area contributed by atoms with E-state index in [-0.39, 0.29) is 29.5 Å². The summed E-state index contributed by atoms with van der Waals surface area (Å²) < 4.78 is 3.18. The summed E-state index contributed by atoms with van der Waals surface area (Å²) in [4.78, 5) is 41.7. The molecule has 4 N–H and O–H groups in total. The van der Waals surface area contributed by atoms with E-state index in [1.807, 2.05) is 111 Å². The van der Waals surface area contributed by atoms with Crippen molar-refractivity contribution in [2.45, 2.75) is 102 Å². The molecular weight excluding hydrogens is 801 g/mol. The molecule has 8 atom stereocenters. The van der Waals surface area contributed by atoms with Gasteiger partial charge in [0, 0.05) is 36.3 Å². The summed E-state index contributed by atoms with van der Waals surface area (Å²) >= 11 is 0. The molecule has 332 valence electrons. The lowest BCUT2D eigenvalue weighted by Gasteiger charge is -2.19. The second-order valence-corrected chi connectivity index (χ2v) is 18.1. The number of hydrogen-bond donors (Lipinski definition) is 4. The number of aliphatic hydroxyl groups excluding tert-OH is 2. The van der Waals surface area contributed by atoms with E-state index in [2.05, 4.69) is 45.0 Å². The van der Waals surface area contributed by atoms with Gasteiger partial charge in [-0.1, -0.05) is 84.9 Å². The van der Waals surface area contributed by atoms with Crippen LogP contribution in [0.15, 0.2) is 139 Å². The first-order valence-corrected chi connectivity index (χ1v) is 22.9. The highest BCUT2D eigenvalue weighted by molar-refractivity contribution is 5.94. The van der Waals surface area contributed by atoms with Crippen LogP contribution in [0.5, 0.6) is 0 Å². The number of aryl methyl sites for hydroxylation is 2. The van der Waals surface area contributed by atoms with E-state index in [1.54, 1.807) is 4.68 Å². The van der Waals surface area contributed by atoms with Crippen LogP contribution >= 0.6 is 0 Å². The molecule has 3 aliphatic rings. The number of carbonyl (C=O) groups excluding carboxylic acids is 2. The summed E-state index contributed by atoms with van der Waals surface area (Å²) in [6, 6.07) is 38.5. The fraction of sp³-hybridized carbons (Fsp3) is 0.377. The third kappa shape index (κ3) is 10.9. The Kier molecular flexibility index (Phi) is 14.3. The number of nitrogens with one attached hydrogen (secondary N) is 2. The van der Waals surface area contributed by atoms with Crippen molar-refractivity contribution in [1.82, 2.24) is 19.3 Å². The van der Waals surface area contributed by atoms with Crippen LogP contribution in [-0.2, 0) is 28.9 Å². The zero-order chi connectivity index (χ0) is 44.6. The molecule has 11 heteroatoms. The lowest BCUT2D eigenvalue weighted by atomic mass is 9.91. The molecule has 2 aromatic heterocycles. The average Bonchev–Trinajstić information content (AvgIpc) is 4.16. The molecule has 2 aliphatic carbocycles. The maximum Gasteiger partial charge on any atom is 0.254 e. The SMILES string of the molecule is Cc1ccn([C@@H](C)C(=O)Nc2ccc(C[C@@H]3CC[C@H]([C@H](O)c4ccccc4)C3)cc2)n1.O=C(Nc1ccc(C[C@@H]2CC[C@H]([C@H](O)c3ccccc3)C2)cc1)[C@@H]1CCc2nccc(=O)n21. The highest BCUT2D eigenvalue weighted by atomic mass is 16.3. The van der Waals surface area contributed by atoms with Gasteiger partial charge in [-0.25, -0.2) is 4.98 Å². The van der Waals surface area contributed by atoms with Crippen LogP contribution < -0.4 is 16.2 Å². The molecule has 11 nitrogen and oxygen atoms in total. The molecule has 0 radical (unpaired) electrons. The zero-order valence-electron chi connectivity index (χ0n) is 36.8. The van der Waals surface area contributed by atoms with E-state index < -0.39 is 12.1 Å². The Morgan fingerprint density at radius 3 is 1.73 bits per heavy atom. The Morgan fingerprint density at radius 2 is 1.22 bits per heavy atom. The Morgan fingerprint density at radius 1 is 0.688 bits per heavy atom. The van der Waals surface area contributed by atoms with Crippen molar-refractivity contribution >= 4 is 23.2 Å². The molecule has 64 heavy (non-hydrogen) atoms. The minimum atomic E-state index is -0.507. The molecule has 2 saturated carbocycles. The lowest BCUT2D eigenvalue weighted by molar-refractivity contribution is -0.119. The van der Waals surface area contributed by atoms with Gasteiger partial charge in [0.2, 0.25) is 11.8 Å². The zero-order valence-corrected chi connectivity index (χ0v) is 36.8. The standard InChI is InChI=1S/C27H29N3O3.C26H31N3O2/c31-25-14-15-28-24-13-12-23(30(24)25)27(33)29-22-10-7-18(8-11-22)16-19-6-9-21(17-19)26(32)20-4-2-1-3-5-20;1-18-14-15-29(28-18)19(2)26(31)27-24-12-9-20(10-13-24)16-21-8-11-23(17-21)25(30)22-6-4-3-5-7-22/h1-5,7-8,10-11,14-15,19,21,23,26,32H,6,9,12-13,16-17H2,(H,29,33);3-7,9-10,12-15,19,21,23,25,30H,8,11,16-17H2,1-2H3,(H,27,31)/t19-,21-,23-,26+;19-,21-,23-,25+/m00/s1. The molecule has 9 rings (SSSR count). The first-order chi connectivity index (χ1) is 31.1. The molecular formula is C53H60N6O5. The van der Waals surface area contributed by atoms with Crippen molar-refractivity contribution < 1.29 is 19.8 Å². The van der Waals surface area contributed by atoms with Gasteiger partial charge in [-0.3, -0.25) is 23.6 Å². The summed E-state index contributed by atoms with van der Waals surface area (Å²) in [6.45, 7) is 3.76. The minimum Gasteiger partial charge on any atom is -0.388 e. The summed E-state index contributed by atoms with van der Waals surface area (Å²) in [7, 11) is 0. The number of anilines is 2. The van der Waals surface area contributed by atoms with E-state index in [1.165, 1.54) is 28.0 Å². The van der Waals surface area contributed by atoms with Gasteiger partial charge >= 0.3 is 0 Å². The van der Waals surface area contributed by atoms with Crippen LogP contribution in [0.4, 0.5) is 11.4 Å². The maximum atomic E-state index is 12.8. The highest BCUT2D eigenvalue weighted by Crippen LogP contribution is 2.42. The van der Waals surface area contributed by atoms with Crippen molar-refractivity contribution in [2.75, 3.05) is 10.6 Å². The van der Waals surface area contributed by atoms with Crippen LogP contribution in [0.2, 0.25) is 0 Å². The molecule has 0 spiro atoms. The van der Waals surface area contributed by atoms with Gasteiger partial charge in [0.05, 0.1) is 17.9 Å². The van der Waals surface area contributed by atoms with Crippen LogP contribution in [0, 0.1) is 30.6 Å². The molecule has 0 unspecified atom stereocenters. The smallest absolute Gasteiger partial charge is 0.254 e. The third-order valence-electron chi connectivity index (χ3n) is 13.6. The van der Waals surface area contributed by atoms with Crippen molar-refractivity contribution in [3.8, 4) is 0 Å². The largest absolute Gasteiger partial charge is 0.388 e. The minimum absolute atomic E-state index is 0.0793. The first kappa shape index (κ1) is 44.4. The fourth-order valence-corrected chi connectivity index (χ4v) is 9.99. The van der Waals surface area contributed by atoms with Gasteiger partial charge < -0.3 is 20.8 Å². The van der Waals surface area contributed by atoms with E-state index in [4.69, 9.17) is 0 Å². The Labute approximate surface area is 375 Å². The first-order valence-electron chi connectivity index (χ1n) is 22.9. The number of aliphatic hydroxyl groups is 2. The number of carbonyl (C=O) groups is 2. The lowest BCUT2D eigenvalue weighted by Crippen LogP contribution is -2.31. The Balaban J connectivity index is 0.000000175. The van der Waals surface area contributed by atoms with Crippen LogP contribution in [-0.4, -0.2) is 41.4 Å². The van der Waals surface area contributed by atoms with Gasteiger partial charge in [-0.2, -0.15) is 5.10 Å². The predicted octanol–water partition coefficient (Wildman–Crippen LogP) is 9.15. The van der Waals surface area contributed by atoms with Crippen LogP contribution in [0.25, 0.3) is 0 Å². The molecule has 2 fully saturated rings. The quantitative estimate of drug-likeness (QED) is 0.0905. The second kappa shape index (κ2) is 20.6. The van der Waals surface area contributed by atoms with Gasteiger partial charge in [-0.15, -0.1) is 0 Å². The summed E-state index contributed by atoms with van der Waals surface area (Å²) in [5.74, 6) is 2.20. The molecule has 3 heterocycles. The van der Waals surface area contributed by atoms with Crippen LogP contribution in [0.3, 0.4) is 0 Å². The predicted molar refractivity (Wildman–Crippen MR) is 250 cm³/mol. The van der Waals surface area contributed by atoms with Crippen molar-refractivity contribution in [3.63, 3.8) is 0 Å². The van der Waals surface area contributed by atoms with Gasteiger partial charge in [0.25, 0.3) is 5.56 Å². The number of aromatic nitrogens is 4. The number of fused-ring (bicyclic) bond motifs is 1. The van der Waals surface area contributed by atoms with Crippen molar-refractivity contribution in [3.05, 3.63) is 178 Å². The molecule has 4 aromatic carbocycles. The molecule has 0 saturated heterocycles. The van der Waals surface area contributed by atoms with Crippen molar-refractivity contribution in [2.24, 2.45) is 23.7 Å². The second-order valence-electron chi connectivity index (χ2n) is 18.1. The molecule has 0 bridgehead atoms. The van der Waals surface area contributed by atoms with E-state index in [9.17, 15) is 24.6 Å². The summed E-state index contributed by atoms with van der Waals surface area (Å²) in [5.41, 5.74) is 6.79. The molecule has 1 aliphatic heterocycles. The summed E-state index contributed by atoms with van der Waals surface area (Å²) in [6.07, 6.45) is 12.2. The third-order valence-corrected chi connectivity index (χ3v) is 13.6. The fourth-order valence-electron chi connectivity index (χ4n) is 9.99. The van der Waals surface area contributed by atoms with E-state index in [0.717, 1.165) is 79.6 Å². The number of rotatable bonds is 13.